The van der Waals surface area contributed by atoms with Crippen molar-refractivity contribution in [2.24, 2.45) is 11.8 Å². The maximum absolute atomic E-state index is 4.09. The molecule has 3 nitrogen and oxygen atoms in total. The second-order valence-electron chi connectivity index (χ2n) is 6.45. The minimum Gasteiger partial charge on any atom is -0.385 e. The molecule has 112 valence electrons. The first kappa shape index (κ1) is 14.2. The van der Waals surface area contributed by atoms with Crippen molar-refractivity contribution >= 4 is 5.69 Å². The van der Waals surface area contributed by atoms with E-state index in [1.54, 1.807) is 0 Å². The van der Waals surface area contributed by atoms with Crippen molar-refractivity contribution in [3.63, 3.8) is 0 Å². The molecule has 0 spiro atoms. The largest absolute Gasteiger partial charge is 0.385 e. The Morgan fingerprint density at radius 2 is 2.29 bits per heavy atom. The summed E-state index contributed by atoms with van der Waals surface area (Å²) in [5.74, 6) is 1.74. The lowest BCUT2D eigenvalue weighted by Crippen LogP contribution is -2.21. The van der Waals surface area contributed by atoms with Crippen molar-refractivity contribution < 1.29 is 0 Å². The fourth-order valence-corrected chi connectivity index (χ4v) is 3.38. The van der Waals surface area contributed by atoms with E-state index in [1.807, 2.05) is 18.7 Å². The normalized spacial score (nSPS) is 22.1. The monoisotopic (exact) mass is 283 g/mol. The molecule has 3 rings (SSSR count). The zero-order valence-electron chi connectivity index (χ0n) is 12.8. The molecule has 1 N–H and O–H groups in total. The predicted molar refractivity (Wildman–Crippen MR) is 87.4 cm³/mol. The molecule has 0 radical (unpaired) electrons. The lowest BCUT2D eigenvalue weighted by atomic mass is 9.82. The fourth-order valence-electron chi connectivity index (χ4n) is 3.38. The van der Waals surface area contributed by atoms with Crippen LogP contribution in [0, 0.1) is 11.8 Å². The van der Waals surface area contributed by atoms with E-state index in [2.05, 4.69) is 46.1 Å². The Hall–Kier alpha value is -1.77. The summed E-state index contributed by atoms with van der Waals surface area (Å²) in [5.41, 5.74) is 2.56. The maximum Gasteiger partial charge on any atom is 0.0949 e. The van der Waals surface area contributed by atoms with Gasteiger partial charge in [-0.3, -0.25) is 0 Å². The highest BCUT2D eigenvalue weighted by molar-refractivity contribution is 5.45. The minimum absolute atomic E-state index is 0.839. The van der Waals surface area contributed by atoms with Crippen LogP contribution in [0.25, 0.3) is 0 Å². The van der Waals surface area contributed by atoms with Crippen molar-refractivity contribution in [3.8, 4) is 0 Å². The molecule has 2 aromatic rings. The van der Waals surface area contributed by atoms with Crippen molar-refractivity contribution in [1.82, 2.24) is 9.55 Å². The molecule has 1 aromatic carbocycles. The van der Waals surface area contributed by atoms with Gasteiger partial charge in [0.05, 0.1) is 6.33 Å². The zero-order valence-corrected chi connectivity index (χ0v) is 12.8. The molecule has 0 bridgehead atoms. The molecule has 1 aliphatic carbocycles. The number of aromatic nitrogens is 2. The lowest BCUT2D eigenvalue weighted by molar-refractivity contribution is 0.293. The Labute approximate surface area is 127 Å². The number of hydrogen-bond acceptors (Lipinski definition) is 2. The van der Waals surface area contributed by atoms with Gasteiger partial charge < -0.3 is 9.88 Å². The summed E-state index contributed by atoms with van der Waals surface area (Å²) in [4.78, 5) is 4.09. The van der Waals surface area contributed by atoms with Crippen LogP contribution >= 0.6 is 0 Å². The van der Waals surface area contributed by atoms with Gasteiger partial charge in [-0.1, -0.05) is 31.9 Å². The zero-order chi connectivity index (χ0) is 14.5. The molecular weight excluding hydrogens is 258 g/mol. The van der Waals surface area contributed by atoms with E-state index in [0.717, 1.165) is 24.9 Å². The van der Waals surface area contributed by atoms with Crippen LogP contribution in [-0.4, -0.2) is 16.1 Å². The molecule has 1 saturated carbocycles. The summed E-state index contributed by atoms with van der Waals surface area (Å²) in [7, 11) is 0. The van der Waals surface area contributed by atoms with Gasteiger partial charge in [0.2, 0.25) is 0 Å². The van der Waals surface area contributed by atoms with Gasteiger partial charge in [0.25, 0.3) is 0 Å². The third-order valence-electron chi connectivity index (χ3n) is 4.49. The van der Waals surface area contributed by atoms with Crippen molar-refractivity contribution in [1.29, 1.82) is 0 Å². The Morgan fingerprint density at radius 1 is 1.33 bits per heavy atom. The third kappa shape index (κ3) is 4.10. The van der Waals surface area contributed by atoms with Crippen LogP contribution in [0.2, 0.25) is 0 Å². The summed E-state index contributed by atoms with van der Waals surface area (Å²) < 4.78 is 2.10. The second kappa shape index (κ2) is 6.79. The first-order chi connectivity index (χ1) is 10.3. The van der Waals surface area contributed by atoms with Gasteiger partial charge in [-0.15, -0.1) is 0 Å². The minimum atomic E-state index is 0.839. The molecule has 2 atom stereocenters. The highest BCUT2D eigenvalue weighted by Crippen LogP contribution is 2.28. The number of hydrogen-bond donors (Lipinski definition) is 1. The molecule has 2 unspecified atom stereocenters. The topological polar surface area (TPSA) is 29.9 Å². The Morgan fingerprint density at radius 3 is 3.10 bits per heavy atom. The number of nitrogens with zero attached hydrogens (tertiary/aromatic N) is 2. The molecule has 0 aliphatic heterocycles. The van der Waals surface area contributed by atoms with E-state index in [-0.39, 0.29) is 0 Å². The van der Waals surface area contributed by atoms with Gasteiger partial charge in [-0.25, -0.2) is 4.98 Å². The second-order valence-corrected chi connectivity index (χ2v) is 6.45. The first-order valence-corrected chi connectivity index (χ1v) is 8.08. The Kier molecular flexibility index (Phi) is 4.59. The number of rotatable bonds is 5. The molecule has 0 saturated heterocycles. The summed E-state index contributed by atoms with van der Waals surface area (Å²) in [5, 5.41) is 3.63. The Bertz CT molecular complexity index is 547. The van der Waals surface area contributed by atoms with Crippen LogP contribution in [0.4, 0.5) is 5.69 Å². The number of benzene rings is 1. The standard InChI is InChI=1S/C18H25N3/c1-15-4-2-5-16(10-15)12-20-18-7-3-6-17(11-18)13-21-9-8-19-14-21/h3,6-9,11,14-16,20H,2,4-5,10,12-13H2,1H3. The van der Waals surface area contributed by atoms with Crippen molar-refractivity contribution in [2.45, 2.75) is 39.2 Å². The van der Waals surface area contributed by atoms with Gasteiger partial charge >= 0.3 is 0 Å². The van der Waals surface area contributed by atoms with E-state index < -0.39 is 0 Å². The van der Waals surface area contributed by atoms with E-state index in [9.17, 15) is 0 Å². The summed E-state index contributed by atoms with van der Waals surface area (Å²) >= 11 is 0. The third-order valence-corrected chi connectivity index (χ3v) is 4.49. The lowest BCUT2D eigenvalue weighted by Gasteiger charge is -2.27. The average molecular weight is 283 g/mol. The van der Waals surface area contributed by atoms with E-state index in [4.69, 9.17) is 0 Å². The van der Waals surface area contributed by atoms with Crippen molar-refractivity contribution in [3.05, 3.63) is 48.5 Å². The summed E-state index contributed by atoms with van der Waals surface area (Å²) in [6.07, 6.45) is 11.3. The van der Waals surface area contributed by atoms with Crippen LogP contribution in [0.5, 0.6) is 0 Å². The molecule has 1 aromatic heterocycles. The van der Waals surface area contributed by atoms with Gasteiger partial charge in [-0.05, 0) is 42.4 Å². The molecular formula is C18H25N3. The molecule has 0 amide bonds. The van der Waals surface area contributed by atoms with E-state index in [1.165, 1.54) is 36.9 Å². The van der Waals surface area contributed by atoms with Crippen LogP contribution in [-0.2, 0) is 6.54 Å². The Balaban J connectivity index is 1.55. The predicted octanol–water partition coefficient (Wildman–Crippen LogP) is 4.17. The number of anilines is 1. The highest BCUT2D eigenvalue weighted by atomic mass is 15.0. The summed E-state index contributed by atoms with van der Waals surface area (Å²) in [6.45, 7) is 4.38. The first-order valence-electron chi connectivity index (χ1n) is 8.08. The molecule has 1 heterocycles. The van der Waals surface area contributed by atoms with Gasteiger partial charge in [0, 0.05) is 31.2 Å². The SMILES string of the molecule is CC1CCCC(CNc2cccc(Cn3ccnc3)c2)C1. The number of nitrogens with one attached hydrogen (secondary N) is 1. The summed E-state index contributed by atoms with van der Waals surface area (Å²) in [6, 6.07) is 8.74. The maximum atomic E-state index is 4.09. The molecule has 1 fully saturated rings. The van der Waals surface area contributed by atoms with Crippen molar-refractivity contribution in [2.75, 3.05) is 11.9 Å². The smallest absolute Gasteiger partial charge is 0.0949 e. The van der Waals surface area contributed by atoms with E-state index in [0.29, 0.717) is 0 Å². The molecule has 3 heteroatoms. The molecule has 21 heavy (non-hydrogen) atoms. The van der Waals surface area contributed by atoms with Crippen LogP contribution in [0.3, 0.4) is 0 Å². The van der Waals surface area contributed by atoms with Gasteiger partial charge in [-0.2, -0.15) is 0 Å². The quantitative estimate of drug-likeness (QED) is 0.892. The van der Waals surface area contributed by atoms with Crippen LogP contribution < -0.4 is 5.32 Å². The molecule has 1 aliphatic rings. The van der Waals surface area contributed by atoms with Crippen LogP contribution in [0.15, 0.2) is 43.0 Å². The number of imidazole rings is 1. The highest BCUT2D eigenvalue weighted by Gasteiger charge is 2.18. The van der Waals surface area contributed by atoms with E-state index >= 15 is 0 Å². The fraction of sp³-hybridized carbons (Fsp3) is 0.500. The van der Waals surface area contributed by atoms with Crippen LogP contribution in [0.1, 0.15) is 38.2 Å². The van der Waals surface area contributed by atoms with Gasteiger partial charge in [0.15, 0.2) is 0 Å². The average Bonchev–Trinajstić information content (AvgIpc) is 2.99. The van der Waals surface area contributed by atoms with Gasteiger partial charge in [0.1, 0.15) is 0 Å².